The van der Waals surface area contributed by atoms with Crippen LogP contribution in [0.1, 0.15) is 62.8 Å². The van der Waals surface area contributed by atoms with Crippen LogP contribution in [0.3, 0.4) is 0 Å². The van der Waals surface area contributed by atoms with Gasteiger partial charge in [-0.25, -0.2) is 0 Å². The molecule has 1 fully saturated rings. The highest BCUT2D eigenvalue weighted by Crippen LogP contribution is 2.38. The molecule has 0 aliphatic heterocycles. The minimum atomic E-state index is 0.736. The van der Waals surface area contributed by atoms with Gasteiger partial charge < -0.3 is 0 Å². The Balaban J connectivity index is 1.77. The summed E-state index contributed by atoms with van der Waals surface area (Å²) in [5.74, 6) is 1.68. The summed E-state index contributed by atoms with van der Waals surface area (Å²) in [6.45, 7) is 3.79. The summed E-state index contributed by atoms with van der Waals surface area (Å²) in [4.78, 5) is 4.01. The van der Waals surface area contributed by atoms with Crippen LogP contribution in [0.2, 0.25) is 0 Å². The third-order valence-electron chi connectivity index (χ3n) is 4.66. The number of unbranched alkanes of at least 4 members (excludes halogenated alkanes) is 2. The third kappa shape index (κ3) is 5.22. The Morgan fingerprint density at radius 3 is 2.48 bits per heavy atom. The van der Waals surface area contributed by atoms with Gasteiger partial charge in [-0.3, -0.25) is 0 Å². The van der Waals surface area contributed by atoms with E-state index >= 15 is 0 Å². The van der Waals surface area contributed by atoms with Gasteiger partial charge in [0, 0.05) is 0 Å². The molecular formula is C19H25NS. The average molecular weight is 299 g/mol. The number of hydrogen-bond donors (Lipinski definition) is 0. The fourth-order valence-electron chi connectivity index (χ4n) is 3.38. The van der Waals surface area contributed by atoms with Crippen molar-refractivity contribution in [2.24, 2.45) is 10.9 Å². The minimum absolute atomic E-state index is 0.736. The lowest BCUT2D eigenvalue weighted by molar-refractivity contribution is 0.303. The van der Waals surface area contributed by atoms with E-state index in [1.165, 1.54) is 56.9 Å². The van der Waals surface area contributed by atoms with Crippen molar-refractivity contribution in [3.63, 3.8) is 0 Å². The van der Waals surface area contributed by atoms with Gasteiger partial charge in [-0.15, -0.1) is 6.58 Å². The Morgan fingerprint density at radius 2 is 1.86 bits per heavy atom. The van der Waals surface area contributed by atoms with Crippen molar-refractivity contribution >= 4 is 23.1 Å². The maximum absolute atomic E-state index is 4.63. The fourth-order valence-corrected chi connectivity index (χ4v) is 3.49. The number of hydrogen-bond acceptors (Lipinski definition) is 2. The SMILES string of the molecule is C=CCCCCC1CCC(c2ccc(N=C=S)cc2)CC1. The maximum Gasteiger partial charge on any atom is 0.0739 e. The van der Waals surface area contributed by atoms with Crippen molar-refractivity contribution in [1.29, 1.82) is 0 Å². The Labute approximate surface area is 134 Å². The Bertz CT molecular complexity index is 477. The Hall–Kier alpha value is -1.24. The number of benzene rings is 1. The average Bonchev–Trinajstić information content (AvgIpc) is 2.53. The second-order valence-corrected chi connectivity index (χ2v) is 6.27. The predicted molar refractivity (Wildman–Crippen MR) is 94.5 cm³/mol. The van der Waals surface area contributed by atoms with Crippen molar-refractivity contribution in [3.05, 3.63) is 42.5 Å². The van der Waals surface area contributed by atoms with Gasteiger partial charge in [-0.2, -0.15) is 4.99 Å². The zero-order valence-corrected chi connectivity index (χ0v) is 13.6. The van der Waals surface area contributed by atoms with E-state index in [1.54, 1.807) is 0 Å². The molecule has 0 N–H and O–H groups in total. The van der Waals surface area contributed by atoms with Gasteiger partial charge in [0.2, 0.25) is 0 Å². The first kappa shape index (κ1) is 16.1. The van der Waals surface area contributed by atoms with E-state index in [0.717, 1.165) is 17.5 Å². The van der Waals surface area contributed by atoms with Gasteiger partial charge in [-0.05, 0) is 80.3 Å². The smallest absolute Gasteiger partial charge is 0.0739 e. The molecule has 1 aliphatic rings. The molecule has 0 bridgehead atoms. The zero-order chi connectivity index (χ0) is 14.9. The van der Waals surface area contributed by atoms with Gasteiger partial charge >= 0.3 is 0 Å². The van der Waals surface area contributed by atoms with Crippen LogP contribution < -0.4 is 0 Å². The number of rotatable bonds is 7. The van der Waals surface area contributed by atoms with Crippen LogP contribution in [0.5, 0.6) is 0 Å². The van der Waals surface area contributed by atoms with E-state index in [2.05, 4.69) is 53.2 Å². The maximum atomic E-state index is 4.63. The van der Waals surface area contributed by atoms with Crippen molar-refractivity contribution in [2.75, 3.05) is 0 Å². The molecule has 0 spiro atoms. The summed E-state index contributed by atoms with van der Waals surface area (Å²) in [6, 6.07) is 8.52. The number of thiocarbonyl (C=S) groups is 1. The van der Waals surface area contributed by atoms with Gasteiger partial charge in [0.1, 0.15) is 0 Å². The molecule has 0 amide bonds. The van der Waals surface area contributed by atoms with Crippen LogP contribution in [0, 0.1) is 5.92 Å². The molecule has 0 heterocycles. The van der Waals surface area contributed by atoms with Crippen LogP contribution in [0.25, 0.3) is 0 Å². The highest BCUT2D eigenvalue weighted by atomic mass is 32.1. The molecule has 0 aromatic heterocycles. The molecule has 112 valence electrons. The molecule has 0 atom stereocenters. The predicted octanol–water partition coefficient (Wildman–Crippen LogP) is 6.44. The lowest BCUT2D eigenvalue weighted by Gasteiger charge is -2.28. The molecule has 1 aromatic rings. The number of isothiocyanates is 1. The molecule has 0 radical (unpaired) electrons. The molecule has 1 aliphatic carbocycles. The van der Waals surface area contributed by atoms with Crippen LogP contribution in [0.15, 0.2) is 41.9 Å². The van der Waals surface area contributed by atoms with Gasteiger partial charge in [-0.1, -0.05) is 31.1 Å². The summed E-state index contributed by atoms with van der Waals surface area (Å²) in [5.41, 5.74) is 2.37. The van der Waals surface area contributed by atoms with Crippen molar-refractivity contribution in [2.45, 2.75) is 57.3 Å². The number of nitrogens with zero attached hydrogens (tertiary/aromatic N) is 1. The van der Waals surface area contributed by atoms with Crippen molar-refractivity contribution in [3.8, 4) is 0 Å². The van der Waals surface area contributed by atoms with Crippen LogP contribution in [-0.2, 0) is 0 Å². The summed E-state index contributed by atoms with van der Waals surface area (Å²) in [5, 5.41) is 2.42. The minimum Gasteiger partial charge on any atom is -0.195 e. The first-order valence-electron chi connectivity index (χ1n) is 8.12. The van der Waals surface area contributed by atoms with Gasteiger partial charge in [0.15, 0.2) is 0 Å². The third-order valence-corrected chi connectivity index (χ3v) is 4.75. The van der Waals surface area contributed by atoms with E-state index in [-0.39, 0.29) is 0 Å². The van der Waals surface area contributed by atoms with E-state index in [1.807, 2.05) is 6.08 Å². The van der Waals surface area contributed by atoms with Crippen LogP contribution in [0.4, 0.5) is 5.69 Å². The van der Waals surface area contributed by atoms with E-state index < -0.39 is 0 Å². The number of aliphatic imine (C=N–C) groups is 1. The van der Waals surface area contributed by atoms with E-state index in [4.69, 9.17) is 0 Å². The second-order valence-electron chi connectivity index (χ2n) is 6.09. The van der Waals surface area contributed by atoms with Gasteiger partial charge in [0.25, 0.3) is 0 Å². The van der Waals surface area contributed by atoms with Gasteiger partial charge in [0.05, 0.1) is 10.8 Å². The highest BCUT2D eigenvalue weighted by molar-refractivity contribution is 7.78. The van der Waals surface area contributed by atoms with E-state index in [9.17, 15) is 0 Å². The summed E-state index contributed by atoms with van der Waals surface area (Å²) >= 11 is 4.63. The molecule has 1 nitrogen and oxygen atoms in total. The lowest BCUT2D eigenvalue weighted by Crippen LogP contribution is -2.13. The second kappa shape index (κ2) is 8.92. The molecule has 2 rings (SSSR count). The Kier molecular flexibility index (Phi) is 6.85. The van der Waals surface area contributed by atoms with Crippen molar-refractivity contribution in [1.82, 2.24) is 0 Å². The van der Waals surface area contributed by atoms with Crippen LogP contribution >= 0.6 is 12.2 Å². The molecular weight excluding hydrogens is 274 g/mol. The molecule has 1 aromatic carbocycles. The van der Waals surface area contributed by atoms with E-state index in [0.29, 0.717) is 0 Å². The normalized spacial score (nSPS) is 21.5. The largest absolute Gasteiger partial charge is 0.195 e. The monoisotopic (exact) mass is 299 g/mol. The molecule has 2 heteroatoms. The first-order valence-corrected chi connectivity index (χ1v) is 8.53. The standard InChI is InChI=1S/C19H25NS/c1-2-3-4-5-6-16-7-9-17(10-8-16)18-11-13-19(14-12-18)20-15-21/h2,11-14,16-17H,1,3-10H2. The topological polar surface area (TPSA) is 12.4 Å². The fraction of sp³-hybridized carbons (Fsp3) is 0.526. The molecule has 1 saturated carbocycles. The quantitative estimate of drug-likeness (QED) is 0.244. The van der Waals surface area contributed by atoms with Crippen molar-refractivity contribution < 1.29 is 0 Å². The first-order chi connectivity index (χ1) is 10.3. The van der Waals surface area contributed by atoms with Crippen LogP contribution in [-0.4, -0.2) is 5.16 Å². The molecule has 0 unspecified atom stereocenters. The summed E-state index contributed by atoms with van der Waals surface area (Å²) < 4.78 is 0. The molecule has 0 saturated heterocycles. The summed E-state index contributed by atoms with van der Waals surface area (Å²) in [7, 11) is 0. The number of allylic oxidation sites excluding steroid dienone is 1. The lowest BCUT2D eigenvalue weighted by atomic mass is 9.77. The molecule has 21 heavy (non-hydrogen) atoms. The zero-order valence-electron chi connectivity index (χ0n) is 12.8. The summed E-state index contributed by atoms with van der Waals surface area (Å²) in [6.07, 6.45) is 12.7. The highest BCUT2D eigenvalue weighted by Gasteiger charge is 2.21. The Morgan fingerprint density at radius 1 is 1.14 bits per heavy atom.